The average molecular weight is 431 g/mol. The molecule has 0 atom stereocenters. The molecule has 0 saturated heterocycles. The third kappa shape index (κ3) is 5.59. The largest absolute Gasteiger partial charge is 0.444 e. The zero-order valence-electron chi connectivity index (χ0n) is 14.0. The van der Waals surface area contributed by atoms with Gasteiger partial charge in [-0.25, -0.2) is 0 Å². The molecule has 6 nitrogen and oxygen atoms in total. The van der Waals surface area contributed by atoms with Crippen LogP contribution in [0.3, 0.4) is 0 Å². The Hall–Kier alpha value is -1.83. The van der Waals surface area contributed by atoms with Crippen LogP contribution < -0.4 is 15.5 Å². The highest BCUT2D eigenvalue weighted by Crippen LogP contribution is 2.23. The van der Waals surface area contributed by atoms with Crippen LogP contribution in [0, 0.1) is 0 Å². The van der Waals surface area contributed by atoms with Crippen LogP contribution in [0.5, 0.6) is 0 Å². The van der Waals surface area contributed by atoms with Crippen LogP contribution in [0.2, 0.25) is 0 Å². The van der Waals surface area contributed by atoms with Gasteiger partial charge in [-0.2, -0.15) is 0 Å². The van der Waals surface area contributed by atoms with E-state index in [9.17, 15) is 9.59 Å². The van der Waals surface area contributed by atoms with Crippen LogP contribution in [0.1, 0.15) is 27.8 Å². The number of carbonyl (C=O) groups is 2. The Morgan fingerprint density at radius 3 is 2.52 bits per heavy atom. The van der Waals surface area contributed by atoms with Crippen molar-refractivity contribution < 1.29 is 14.0 Å². The number of hydrogen-bond acceptors (Lipinski definition) is 4. The lowest BCUT2D eigenvalue weighted by Gasteiger charge is -2.19. The van der Waals surface area contributed by atoms with Gasteiger partial charge < -0.3 is 20.0 Å². The van der Waals surface area contributed by atoms with Gasteiger partial charge in [-0.15, -0.1) is 12.4 Å². The maximum Gasteiger partial charge on any atom is 0.293 e. The molecule has 0 unspecified atom stereocenters. The number of anilines is 1. The van der Waals surface area contributed by atoms with E-state index in [1.54, 1.807) is 43.4 Å². The van der Waals surface area contributed by atoms with Gasteiger partial charge in [0, 0.05) is 20.1 Å². The van der Waals surface area contributed by atoms with E-state index in [1.165, 1.54) is 4.90 Å². The Labute approximate surface area is 161 Å². The zero-order chi connectivity index (χ0) is 17.5. The van der Waals surface area contributed by atoms with E-state index in [0.717, 1.165) is 6.54 Å². The summed E-state index contributed by atoms with van der Waals surface area (Å²) >= 11 is 3.18. The maximum absolute atomic E-state index is 12.5. The number of halogens is 2. The molecule has 8 heteroatoms. The predicted molar refractivity (Wildman–Crippen MR) is 104 cm³/mol. The fraction of sp³-hybridized carbons (Fsp3) is 0.294. The minimum Gasteiger partial charge on any atom is -0.444 e. The summed E-state index contributed by atoms with van der Waals surface area (Å²) in [5.41, 5.74) is 0.964. The molecule has 136 valence electrons. The minimum atomic E-state index is -0.325. The van der Waals surface area contributed by atoms with E-state index in [0.29, 0.717) is 29.0 Å². The molecule has 0 saturated carbocycles. The predicted octanol–water partition coefficient (Wildman–Crippen LogP) is 3.08. The fourth-order valence-corrected chi connectivity index (χ4v) is 2.51. The first-order chi connectivity index (χ1) is 11.5. The Morgan fingerprint density at radius 2 is 1.88 bits per heavy atom. The number of furan rings is 1. The first-order valence-electron chi connectivity index (χ1n) is 7.66. The van der Waals surface area contributed by atoms with Crippen molar-refractivity contribution in [3.8, 4) is 0 Å². The molecule has 0 spiro atoms. The normalized spacial score (nSPS) is 10.0. The molecule has 2 rings (SSSR count). The first kappa shape index (κ1) is 21.2. The minimum absolute atomic E-state index is 0. The number of nitrogens with one attached hydrogen (secondary N) is 2. The van der Waals surface area contributed by atoms with Crippen LogP contribution in [-0.2, 0) is 0 Å². The molecule has 0 aliphatic carbocycles. The molecular formula is C17H21BrClN3O3. The van der Waals surface area contributed by atoms with E-state index >= 15 is 0 Å². The number of benzene rings is 1. The number of nitrogens with zero attached hydrogens (tertiary/aromatic N) is 1. The molecule has 2 aromatic rings. The number of amides is 2. The van der Waals surface area contributed by atoms with E-state index in [2.05, 4.69) is 26.6 Å². The van der Waals surface area contributed by atoms with Gasteiger partial charge in [0.15, 0.2) is 10.4 Å². The summed E-state index contributed by atoms with van der Waals surface area (Å²) < 4.78 is 5.78. The summed E-state index contributed by atoms with van der Waals surface area (Å²) in [5, 5.41) is 5.98. The van der Waals surface area contributed by atoms with Crippen LogP contribution in [0.25, 0.3) is 0 Å². The Bertz CT molecular complexity index is 721. The highest BCUT2D eigenvalue weighted by molar-refractivity contribution is 9.10. The molecule has 0 aliphatic heterocycles. The van der Waals surface area contributed by atoms with Gasteiger partial charge in [0.1, 0.15) is 0 Å². The Kier molecular flexibility index (Phi) is 8.68. The molecule has 25 heavy (non-hydrogen) atoms. The quantitative estimate of drug-likeness (QED) is 0.662. The lowest BCUT2D eigenvalue weighted by molar-refractivity contribution is 0.0954. The zero-order valence-corrected chi connectivity index (χ0v) is 16.4. The third-order valence-electron chi connectivity index (χ3n) is 3.44. The molecule has 0 radical (unpaired) electrons. The number of para-hydroxylation sites is 1. The van der Waals surface area contributed by atoms with Gasteiger partial charge in [-0.05, 0) is 46.7 Å². The molecule has 0 aliphatic rings. The van der Waals surface area contributed by atoms with Gasteiger partial charge in [0.2, 0.25) is 0 Å². The summed E-state index contributed by atoms with van der Waals surface area (Å²) in [4.78, 5) is 26.3. The third-order valence-corrected chi connectivity index (χ3v) is 3.86. The molecule has 2 amide bonds. The van der Waals surface area contributed by atoms with Crippen LogP contribution in [0.4, 0.5) is 5.69 Å². The second-order valence-corrected chi connectivity index (χ2v) is 5.88. The number of likely N-dealkylation sites (N-methyl/N-ethyl adjacent to an activating group) is 1. The van der Waals surface area contributed by atoms with E-state index in [4.69, 9.17) is 4.42 Å². The van der Waals surface area contributed by atoms with Crippen LogP contribution in [-0.4, -0.2) is 38.5 Å². The van der Waals surface area contributed by atoms with Gasteiger partial charge in [0.05, 0.1) is 11.3 Å². The summed E-state index contributed by atoms with van der Waals surface area (Å²) in [7, 11) is 1.61. The monoisotopic (exact) mass is 429 g/mol. The molecule has 1 aromatic carbocycles. The Morgan fingerprint density at radius 1 is 1.16 bits per heavy atom. The number of rotatable bonds is 7. The standard InChI is InChI=1S/C17H20BrN3O3.ClH/c1-3-19-10-11-20-16(22)12-6-4-5-7-13(12)21(2)17(23)14-8-9-15(18)24-14;/h4-9,19H,3,10-11H2,1-2H3,(H,20,22);1H. The molecule has 0 fully saturated rings. The summed E-state index contributed by atoms with van der Waals surface area (Å²) in [6, 6.07) is 10.2. The van der Waals surface area contributed by atoms with Crippen molar-refractivity contribution in [2.45, 2.75) is 6.92 Å². The van der Waals surface area contributed by atoms with Crippen molar-refractivity contribution in [3.63, 3.8) is 0 Å². The molecule has 1 aromatic heterocycles. The van der Waals surface area contributed by atoms with Crippen molar-refractivity contribution in [2.24, 2.45) is 0 Å². The van der Waals surface area contributed by atoms with E-state index < -0.39 is 0 Å². The highest BCUT2D eigenvalue weighted by Gasteiger charge is 2.21. The second kappa shape index (κ2) is 10.2. The first-order valence-corrected chi connectivity index (χ1v) is 8.45. The van der Waals surface area contributed by atoms with Crippen LogP contribution in [0.15, 0.2) is 45.5 Å². The van der Waals surface area contributed by atoms with Crippen molar-refractivity contribution in [3.05, 3.63) is 52.4 Å². The molecule has 0 bridgehead atoms. The lowest BCUT2D eigenvalue weighted by atomic mass is 10.1. The van der Waals surface area contributed by atoms with Crippen LogP contribution >= 0.6 is 28.3 Å². The summed E-state index contributed by atoms with van der Waals surface area (Å²) in [6.07, 6.45) is 0. The van der Waals surface area contributed by atoms with Gasteiger partial charge in [-0.3, -0.25) is 9.59 Å². The fourth-order valence-electron chi connectivity index (χ4n) is 2.20. The second-order valence-electron chi connectivity index (χ2n) is 5.09. The highest BCUT2D eigenvalue weighted by atomic mass is 79.9. The van der Waals surface area contributed by atoms with Crippen molar-refractivity contribution >= 4 is 45.8 Å². The number of hydrogen-bond donors (Lipinski definition) is 2. The van der Waals surface area contributed by atoms with E-state index in [1.807, 2.05) is 6.92 Å². The molecular weight excluding hydrogens is 410 g/mol. The lowest BCUT2D eigenvalue weighted by Crippen LogP contribution is -2.34. The van der Waals surface area contributed by atoms with Gasteiger partial charge >= 0.3 is 0 Å². The summed E-state index contributed by atoms with van der Waals surface area (Å²) in [6.45, 7) is 4.07. The number of carbonyl (C=O) groups excluding carboxylic acids is 2. The maximum atomic E-state index is 12.5. The summed E-state index contributed by atoms with van der Waals surface area (Å²) in [5.74, 6) is -0.343. The van der Waals surface area contributed by atoms with Crippen molar-refractivity contribution in [2.75, 3.05) is 31.6 Å². The van der Waals surface area contributed by atoms with E-state index in [-0.39, 0.29) is 30.0 Å². The molecule has 2 N–H and O–H groups in total. The SMILES string of the molecule is CCNCCNC(=O)c1ccccc1N(C)C(=O)c1ccc(Br)o1.Cl. The Balaban J connectivity index is 0.00000312. The van der Waals surface area contributed by atoms with Gasteiger partial charge in [-0.1, -0.05) is 19.1 Å². The average Bonchev–Trinajstić information content (AvgIpc) is 3.03. The van der Waals surface area contributed by atoms with Gasteiger partial charge in [0.25, 0.3) is 11.8 Å². The smallest absolute Gasteiger partial charge is 0.293 e. The van der Waals surface area contributed by atoms with Crippen molar-refractivity contribution in [1.29, 1.82) is 0 Å². The molecule has 1 heterocycles. The van der Waals surface area contributed by atoms with Crippen molar-refractivity contribution in [1.82, 2.24) is 10.6 Å². The topological polar surface area (TPSA) is 74.6 Å².